The molecule has 1 N–H and O–H groups in total. The van der Waals surface area contributed by atoms with Crippen LogP contribution >= 0.6 is 0 Å². The van der Waals surface area contributed by atoms with Crippen LogP contribution < -0.4 is 0 Å². The van der Waals surface area contributed by atoms with Gasteiger partial charge in [-0.2, -0.15) is 0 Å². The van der Waals surface area contributed by atoms with E-state index in [9.17, 15) is 0 Å². The van der Waals surface area contributed by atoms with Gasteiger partial charge in [0.25, 0.3) is 0 Å². The van der Waals surface area contributed by atoms with Crippen LogP contribution in [0.5, 0.6) is 0 Å². The van der Waals surface area contributed by atoms with Crippen molar-refractivity contribution in [2.24, 2.45) is 0 Å². The van der Waals surface area contributed by atoms with Gasteiger partial charge in [-0.25, -0.2) is 0 Å². The molecule has 1 aliphatic heterocycles. The van der Waals surface area contributed by atoms with Crippen LogP contribution in [0.3, 0.4) is 0 Å². The van der Waals surface area contributed by atoms with E-state index in [1.807, 2.05) is 0 Å². The minimum Gasteiger partial charge on any atom is -0.395 e. The normalized spacial score (nSPS) is 26.2. The van der Waals surface area contributed by atoms with Crippen molar-refractivity contribution in [3.63, 3.8) is 0 Å². The maximum Gasteiger partial charge on any atom is 0.0558 e. The summed E-state index contributed by atoms with van der Waals surface area (Å²) in [6, 6.07) is 1.63. The first-order valence-electron chi connectivity index (χ1n) is 4.86. The Labute approximate surface area is 74.0 Å². The van der Waals surface area contributed by atoms with Crippen molar-refractivity contribution in [3.8, 4) is 0 Å². The molecule has 2 aliphatic rings. The standard InChI is InChI=1S/C9H18N2O/c1-10(4-5-12)9-6-11(7-9)8-2-3-8/h8-9,12H,2-7H2,1H3. The number of nitrogens with zero attached hydrogens (tertiary/aromatic N) is 2. The molecule has 0 aromatic carbocycles. The minimum atomic E-state index is 0.288. The van der Waals surface area contributed by atoms with Crippen molar-refractivity contribution in [2.45, 2.75) is 24.9 Å². The Morgan fingerprint density at radius 1 is 1.42 bits per heavy atom. The SMILES string of the molecule is CN(CCO)C1CN(C2CC2)C1. The van der Waals surface area contributed by atoms with Crippen LogP contribution in [0.2, 0.25) is 0 Å². The second-order valence-electron chi connectivity index (χ2n) is 4.04. The molecular formula is C9H18N2O. The first-order valence-corrected chi connectivity index (χ1v) is 4.86. The summed E-state index contributed by atoms with van der Waals surface area (Å²) in [4.78, 5) is 4.82. The van der Waals surface area contributed by atoms with Crippen LogP contribution in [0.1, 0.15) is 12.8 Å². The molecule has 12 heavy (non-hydrogen) atoms. The van der Waals surface area contributed by atoms with Gasteiger partial charge >= 0.3 is 0 Å². The summed E-state index contributed by atoms with van der Waals surface area (Å²) in [5.41, 5.74) is 0. The monoisotopic (exact) mass is 170 g/mol. The van der Waals surface area contributed by atoms with Gasteiger partial charge in [0.05, 0.1) is 6.61 Å². The molecule has 0 atom stereocenters. The topological polar surface area (TPSA) is 26.7 Å². The average Bonchev–Trinajstić information content (AvgIpc) is 2.68. The lowest BCUT2D eigenvalue weighted by Crippen LogP contribution is -2.59. The smallest absolute Gasteiger partial charge is 0.0558 e. The van der Waals surface area contributed by atoms with Gasteiger partial charge in [0.15, 0.2) is 0 Å². The summed E-state index contributed by atoms with van der Waals surface area (Å²) < 4.78 is 0. The highest BCUT2D eigenvalue weighted by molar-refractivity contribution is 4.96. The number of likely N-dealkylation sites (N-methyl/N-ethyl adjacent to an activating group) is 1. The predicted molar refractivity (Wildman–Crippen MR) is 48.1 cm³/mol. The van der Waals surface area contributed by atoms with E-state index in [4.69, 9.17) is 5.11 Å². The summed E-state index contributed by atoms with van der Waals surface area (Å²) >= 11 is 0. The zero-order chi connectivity index (χ0) is 8.55. The van der Waals surface area contributed by atoms with E-state index in [-0.39, 0.29) is 6.61 Å². The Morgan fingerprint density at radius 2 is 2.08 bits per heavy atom. The molecule has 0 bridgehead atoms. The lowest BCUT2D eigenvalue weighted by molar-refractivity contribution is 0.0349. The highest BCUT2D eigenvalue weighted by atomic mass is 16.3. The van der Waals surface area contributed by atoms with E-state index in [1.165, 1.54) is 25.9 Å². The fourth-order valence-corrected chi connectivity index (χ4v) is 1.84. The van der Waals surface area contributed by atoms with Gasteiger partial charge < -0.3 is 5.11 Å². The van der Waals surface area contributed by atoms with Crippen LogP contribution in [-0.4, -0.2) is 60.3 Å². The van der Waals surface area contributed by atoms with Gasteiger partial charge in [-0.1, -0.05) is 0 Å². The van der Waals surface area contributed by atoms with Gasteiger partial charge in [0.2, 0.25) is 0 Å². The number of hydrogen-bond donors (Lipinski definition) is 1. The molecule has 3 nitrogen and oxygen atoms in total. The highest BCUT2D eigenvalue weighted by Gasteiger charge is 2.38. The molecule has 3 heteroatoms. The van der Waals surface area contributed by atoms with Crippen molar-refractivity contribution in [2.75, 3.05) is 33.3 Å². The number of aliphatic hydroxyl groups excluding tert-OH is 1. The molecule has 2 fully saturated rings. The quantitative estimate of drug-likeness (QED) is 0.630. The Kier molecular flexibility index (Phi) is 2.35. The van der Waals surface area contributed by atoms with Crippen LogP contribution in [-0.2, 0) is 0 Å². The molecule has 0 aromatic heterocycles. The van der Waals surface area contributed by atoms with Gasteiger partial charge in [0.1, 0.15) is 0 Å². The number of aliphatic hydroxyl groups is 1. The molecule has 1 saturated heterocycles. The number of likely N-dealkylation sites (tertiary alicyclic amines) is 1. The van der Waals surface area contributed by atoms with Gasteiger partial charge in [0, 0.05) is 31.7 Å². The molecule has 1 aliphatic carbocycles. The third-order valence-corrected chi connectivity index (χ3v) is 3.03. The Bertz CT molecular complexity index is 153. The van der Waals surface area contributed by atoms with Gasteiger partial charge in [-0.3, -0.25) is 9.80 Å². The van der Waals surface area contributed by atoms with Crippen molar-refractivity contribution >= 4 is 0 Å². The second kappa shape index (κ2) is 3.32. The summed E-state index contributed by atoms with van der Waals surface area (Å²) in [6.45, 7) is 3.56. The van der Waals surface area contributed by atoms with Crippen LogP contribution in [0.4, 0.5) is 0 Å². The van der Waals surface area contributed by atoms with E-state index in [1.54, 1.807) is 0 Å². The largest absolute Gasteiger partial charge is 0.395 e. The average molecular weight is 170 g/mol. The van der Waals surface area contributed by atoms with Gasteiger partial charge in [-0.05, 0) is 19.9 Å². The first kappa shape index (κ1) is 8.48. The second-order valence-corrected chi connectivity index (χ2v) is 4.04. The highest BCUT2D eigenvalue weighted by Crippen LogP contribution is 2.31. The molecule has 2 rings (SSSR count). The maximum atomic E-state index is 8.74. The molecule has 0 amide bonds. The van der Waals surface area contributed by atoms with E-state index in [0.717, 1.165) is 12.6 Å². The third-order valence-electron chi connectivity index (χ3n) is 3.03. The first-order chi connectivity index (χ1) is 5.81. The Morgan fingerprint density at radius 3 is 2.58 bits per heavy atom. The fourth-order valence-electron chi connectivity index (χ4n) is 1.84. The lowest BCUT2D eigenvalue weighted by Gasteiger charge is -2.44. The number of rotatable bonds is 4. The summed E-state index contributed by atoms with van der Waals surface area (Å²) in [7, 11) is 2.10. The van der Waals surface area contributed by atoms with Crippen molar-refractivity contribution in [1.29, 1.82) is 0 Å². The molecule has 70 valence electrons. The molecule has 0 unspecified atom stereocenters. The van der Waals surface area contributed by atoms with Crippen LogP contribution in [0.15, 0.2) is 0 Å². The van der Waals surface area contributed by atoms with Crippen molar-refractivity contribution in [3.05, 3.63) is 0 Å². The Balaban J connectivity index is 1.65. The molecule has 1 saturated carbocycles. The zero-order valence-electron chi connectivity index (χ0n) is 7.74. The Hall–Kier alpha value is -0.120. The molecule has 1 heterocycles. The maximum absolute atomic E-state index is 8.74. The number of hydrogen-bond acceptors (Lipinski definition) is 3. The minimum absolute atomic E-state index is 0.288. The fraction of sp³-hybridized carbons (Fsp3) is 1.00. The van der Waals surface area contributed by atoms with E-state index < -0.39 is 0 Å². The summed E-state index contributed by atoms with van der Waals surface area (Å²) in [6.07, 6.45) is 2.83. The predicted octanol–water partition coefficient (Wildman–Crippen LogP) is -0.243. The van der Waals surface area contributed by atoms with E-state index in [0.29, 0.717) is 6.04 Å². The van der Waals surface area contributed by atoms with Crippen LogP contribution in [0, 0.1) is 0 Å². The summed E-state index contributed by atoms with van der Waals surface area (Å²) in [5, 5.41) is 8.74. The molecule has 0 spiro atoms. The third kappa shape index (κ3) is 1.63. The van der Waals surface area contributed by atoms with Crippen LogP contribution in [0.25, 0.3) is 0 Å². The molecular weight excluding hydrogens is 152 g/mol. The lowest BCUT2D eigenvalue weighted by atomic mass is 10.1. The molecule has 0 aromatic rings. The summed E-state index contributed by atoms with van der Waals surface area (Å²) in [5.74, 6) is 0. The van der Waals surface area contributed by atoms with E-state index >= 15 is 0 Å². The van der Waals surface area contributed by atoms with Crippen molar-refractivity contribution in [1.82, 2.24) is 9.80 Å². The van der Waals surface area contributed by atoms with E-state index in [2.05, 4.69) is 16.8 Å². The zero-order valence-corrected chi connectivity index (χ0v) is 7.74. The van der Waals surface area contributed by atoms with Gasteiger partial charge in [-0.15, -0.1) is 0 Å². The molecule has 0 radical (unpaired) electrons. The van der Waals surface area contributed by atoms with Crippen molar-refractivity contribution < 1.29 is 5.11 Å².